The van der Waals surface area contributed by atoms with Crippen LogP contribution in [0.3, 0.4) is 0 Å². The molecular weight excluding hydrogens is 651 g/mol. The normalized spacial score (nSPS) is 15.2. The van der Waals surface area contributed by atoms with Gasteiger partial charge in [-0.15, -0.1) is 0 Å². The second-order valence-electron chi connectivity index (χ2n) is 6.11. The highest BCUT2D eigenvalue weighted by molar-refractivity contribution is 14.1. The molecule has 0 bridgehead atoms. The molecule has 1 heterocycles. The van der Waals surface area contributed by atoms with Crippen LogP contribution in [-0.4, -0.2) is 37.5 Å². The highest BCUT2D eigenvalue weighted by Gasteiger charge is 2.36. The van der Waals surface area contributed by atoms with Gasteiger partial charge in [-0.2, -0.15) is 0 Å². The highest BCUT2D eigenvalue weighted by atomic mass is 127. The molecule has 0 saturated carbocycles. The maximum absolute atomic E-state index is 13.0. The van der Waals surface area contributed by atoms with Gasteiger partial charge in [0.05, 0.1) is 20.8 Å². The molecule has 0 unspecified atom stereocenters. The summed E-state index contributed by atoms with van der Waals surface area (Å²) in [4.78, 5) is 49.8. The Hall–Kier alpha value is -2.25. The lowest BCUT2D eigenvalue weighted by Gasteiger charge is -2.26. The fraction of sp³-hybridized carbons (Fsp3) is 0.100. The van der Waals surface area contributed by atoms with Crippen LogP contribution in [-0.2, 0) is 19.1 Å². The number of barbiturate groups is 1. The van der Waals surface area contributed by atoms with Crippen molar-refractivity contribution in [3.05, 3.63) is 60.1 Å². The van der Waals surface area contributed by atoms with Gasteiger partial charge in [-0.3, -0.25) is 14.9 Å². The van der Waals surface area contributed by atoms with Crippen molar-refractivity contribution >= 4 is 90.0 Å². The molecule has 4 amide bonds. The van der Waals surface area contributed by atoms with E-state index in [9.17, 15) is 19.2 Å². The first-order valence-electron chi connectivity index (χ1n) is 8.57. The van der Waals surface area contributed by atoms with Crippen LogP contribution in [0.2, 0.25) is 0 Å². The van der Waals surface area contributed by atoms with Gasteiger partial charge in [0.15, 0.2) is 6.61 Å². The Bertz CT molecular complexity index is 1090. The number of carbonyl (C=O) groups is 4. The number of nitrogens with one attached hydrogen (secondary N) is 1. The van der Waals surface area contributed by atoms with Crippen molar-refractivity contribution in [2.75, 3.05) is 18.6 Å². The Morgan fingerprint density at radius 2 is 1.84 bits per heavy atom. The van der Waals surface area contributed by atoms with Gasteiger partial charge in [0.1, 0.15) is 11.3 Å². The van der Waals surface area contributed by atoms with Gasteiger partial charge in [-0.05, 0) is 86.6 Å². The summed E-state index contributed by atoms with van der Waals surface area (Å²) in [6.45, 7) is -0.267. The van der Waals surface area contributed by atoms with Crippen molar-refractivity contribution in [3.8, 4) is 5.75 Å². The predicted octanol–water partition coefficient (Wildman–Crippen LogP) is 4.03. The van der Waals surface area contributed by atoms with Crippen LogP contribution >= 0.6 is 54.5 Å². The number of rotatable bonds is 5. The van der Waals surface area contributed by atoms with E-state index < -0.39 is 23.8 Å². The molecule has 2 aromatic carbocycles. The molecule has 160 valence electrons. The monoisotopic (exact) mass is 662 g/mol. The number of ether oxygens (including phenoxy) is 2. The molecule has 2 aromatic rings. The molecule has 1 saturated heterocycles. The van der Waals surface area contributed by atoms with E-state index in [1.165, 1.54) is 13.2 Å². The van der Waals surface area contributed by atoms with E-state index in [0.29, 0.717) is 25.0 Å². The number of carbonyl (C=O) groups excluding carboxylic acids is 4. The number of amides is 4. The summed E-state index contributed by atoms with van der Waals surface area (Å²) in [6.07, 6.45) is 1.38. The second kappa shape index (κ2) is 9.92. The second-order valence-corrected chi connectivity index (χ2v) is 9.04. The minimum atomic E-state index is -0.822. The minimum Gasteiger partial charge on any atom is -0.480 e. The zero-order chi connectivity index (χ0) is 22.7. The number of imide groups is 2. The predicted molar refractivity (Wildman–Crippen MR) is 128 cm³/mol. The fourth-order valence-electron chi connectivity index (χ4n) is 2.64. The SMILES string of the molecule is COC(=O)COc1c(Br)cc(/C=C2\C(=O)NC(=O)N(c3ccc(Br)cc3)C2=O)cc1I. The lowest BCUT2D eigenvalue weighted by molar-refractivity contribution is -0.143. The lowest BCUT2D eigenvalue weighted by Crippen LogP contribution is -2.54. The topological polar surface area (TPSA) is 102 Å². The summed E-state index contributed by atoms with van der Waals surface area (Å²) >= 11 is 8.67. The van der Waals surface area contributed by atoms with E-state index in [1.54, 1.807) is 36.4 Å². The highest BCUT2D eigenvalue weighted by Crippen LogP contribution is 2.33. The first kappa shape index (κ1) is 23.4. The number of hydrogen-bond donors (Lipinski definition) is 1. The van der Waals surface area contributed by atoms with Crippen LogP contribution in [0.5, 0.6) is 5.75 Å². The summed E-state index contributed by atoms with van der Waals surface area (Å²) < 4.78 is 11.9. The number of anilines is 1. The van der Waals surface area contributed by atoms with Gasteiger partial charge in [-0.1, -0.05) is 15.9 Å². The van der Waals surface area contributed by atoms with E-state index >= 15 is 0 Å². The van der Waals surface area contributed by atoms with Gasteiger partial charge >= 0.3 is 12.0 Å². The number of esters is 1. The van der Waals surface area contributed by atoms with Crippen LogP contribution < -0.4 is 15.0 Å². The van der Waals surface area contributed by atoms with Crippen LogP contribution in [0.15, 0.2) is 50.9 Å². The fourth-order valence-corrected chi connectivity index (χ4v) is 4.67. The third-order valence-electron chi connectivity index (χ3n) is 4.08. The zero-order valence-corrected chi connectivity index (χ0v) is 21.1. The third-order valence-corrected chi connectivity index (χ3v) is 6.00. The van der Waals surface area contributed by atoms with Crippen LogP contribution in [0.4, 0.5) is 10.5 Å². The van der Waals surface area contributed by atoms with E-state index in [-0.39, 0.29) is 12.2 Å². The van der Waals surface area contributed by atoms with Crippen molar-refractivity contribution in [2.24, 2.45) is 0 Å². The molecule has 1 N–H and O–H groups in total. The van der Waals surface area contributed by atoms with Crippen molar-refractivity contribution < 1.29 is 28.7 Å². The van der Waals surface area contributed by atoms with E-state index in [2.05, 4.69) is 41.9 Å². The molecular formula is C20H13Br2IN2O6. The summed E-state index contributed by atoms with van der Waals surface area (Å²) in [7, 11) is 1.26. The summed E-state index contributed by atoms with van der Waals surface area (Å²) in [5, 5.41) is 2.18. The standard InChI is InChI=1S/C20H13Br2IN2O6/c1-30-16(26)9-31-17-14(22)7-10(8-15(17)23)6-13-18(27)24-20(29)25(19(13)28)12-4-2-11(21)3-5-12/h2-8H,9H2,1H3,(H,24,27,29)/b13-6+. The Balaban J connectivity index is 1.93. The number of urea groups is 1. The number of nitrogens with zero attached hydrogens (tertiary/aromatic N) is 1. The average molecular weight is 664 g/mol. The molecule has 31 heavy (non-hydrogen) atoms. The number of hydrogen-bond acceptors (Lipinski definition) is 6. The van der Waals surface area contributed by atoms with Gasteiger partial charge in [0.25, 0.3) is 11.8 Å². The smallest absolute Gasteiger partial charge is 0.343 e. The molecule has 8 nitrogen and oxygen atoms in total. The molecule has 0 aliphatic carbocycles. The minimum absolute atomic E-state index is 0.201. The van der Waals surface area contributed by atoms with Crippen molar-refractivity contribution in [2.45, 2.75) is 0 Å². The van der Waals surface area contributed by atoms with Crippen LogP contribution in [0.25, 0.3) is 6.08 Å². The molecule has 0 aromatic heterocycles. The maximum atomic E-state index is 13.0. The first-order chi connectivity index (χ1) is 14.7. The van der Waals surface area contributed by atoms with Gasteiger partial charge in [-0.25, -0.2) is 14.5 Å². The quantitative estimate of drug-likeness (QED) is 0.224. The number of benzene rings is 2. The molecule has 1 aliphatic heterocycles. The van der Waals surface area contributed by atoms with Crippen molar-refractivity contribution in [3.63, 3.8) is 0 Å². The summed E-state index contributed by atoms with van der Waals surface area (Å²) in [6, 6.07) is 9.01. The zero-order valence-electron chi connectivity index (χ0n) is 15.8. The van der Waals surface area contributed by atoms with Crippen molar-refractivity contribution in [1.29, 1.82) is 0 Å². The van der Waals surface area contributed by atoms with E-state index in [4.69, 9.17) is 4.74 Å². The Kier molecular flexibility index (Phi) is 7.49. The van der Waals surface area contributed by atoms with E-state index in [1.807, 2.05) is 22.6 Å². The lowest BCUT2D eigenvalue weighted by atomic mass is 10.1. The van der Waals surface area contributed by atoms with E-state index in [0.717, 1.165) is 9.37 Å². The molecule has 1 fully saturated rings. The average Bonchev–Trinajstić information content (AvgIpc) is 2.71. The van der Waals surface area contributed by atoms with Crippen LogP contribution in [0, 0.1) is 3.57 Å². The molecule has 3 rings (SSSR count). The Morgan fingerprint density at radius 3 is 2.45 bits per heavy atom. The first-order valence-corrected chi connectivity index (χ1v) is 11.2. The Labute approximate surface area is 207 Å². The third kappa shape index (κ3) is 5.33. The molecule has 11 heteroatoms. The molecule has 1 aliphatic rings. The van der Waals surface area contributed by atoms with Gasteiger partial charge < -0.3 is 9.47 Å². The Morgan fingerprint density at radius 1 is 1.16 bits per heavy atom. The molecule has 0 radical (unpaired) electrons. The summed E-state index contributed by atoms with van der Waals surface area (Å²) in [5.41, 5.74) is 0.644. The number of methoxy groups -OCH3 is 1. The number of halogens is 3. The maximum Gasteiger partial charge on any atom is 0.343 e. The van der Waals surface area contributed by atoms with Gasteiger partial charge in [0.2, 0.25) is 0 Å². The van der Waals surface area contributed by atoms with Gasteiger partial charge in [0, 0.05) is 4.47 Å². The molecule has 0 atom stereocenters. The summed E-state index contributed by atoms with van der Waals surface area (Å²) in [5.74, 6) is -1.65. The molecule has 0 spiro atoms. The van der Waals surface area contributed by atoms with Crippen LogP contribution in [0.1, 0.15) is 5.56 Å². The van der Waals surface area contributed by atoms with Crippen molar-refractivity contribution in [1.82, 2.24) is 5.32 Å². The largest absolute Gasteiger partial charge is 0.480 e.